The van der Waals surface area contributed by atoms with Gasteiger partial charge < -0.3 is 10.6 Å². The number of nitrogens with zero attached hydrogens (tertiary/aromatic N) is 2. The van der Waals surface area contributed by atoms with E-state index in [1.807, 2.05) is 0 Å². The summed E-state index contributed by atoms with van der Waals surface area (Å²) in [6, 6.07) is 9.63. The predicted octanol–water partition coefficient (Wildman–Crippen LogP) is 2.87. The molecular weight excluding hydrogens is 234 g/mol. The molecule has 2 N–H and O–H groups in total. The number of nitrogens with two attached hydrogens (primary N) is 1. The van der Waals surface area contributed by atoms with Gasteiger partial charge >= 0.3 is 0 Å². The third-order valence-electron chi connectivity index (χ3n) is 3.94. The molecule has 0 bridgehead atoms. The van der Waals surface area contributed by atoms with Crippen LogP contribution in [-0.4, -0.2) is 38.1 Å². The van der Waals surface area contributed by atoms with Gasteiger partial charge in [-0.3, -0.25) is 4.90 Å². The fourth-order valence-electron chi connectivity index (χ4n) is 2.53. The van der Waals surface area contributed by atoms with Gasteiger partial charge in [-0.05, 0) is 37.6 Å². The summed E-state index contributed by atoms with van der Waals surface area (Å²) in [6.07, 6.45) is 1.15. The first-order valence-corrected chi connectivity index (χ1v) is 7.28. The highest BCUT2D eigenvalue weighted by Gasteiger charge is 2.21. The van der Waals surface area contributed by atoms with Crippen LogP contribution in [0.4, 0.5) is 5.69 Å². The van der Waals surface area contributed by atoms with Crippen molar-refractivity contribution in [2.75, 3.05) is 32.1 Å². The van der Waals surface area contributed by atoms with Crippen LogP contribution in [-0.2, 0) is 0 Å². The van der Waals surface area contributed by atoms with Crippen molar-refractivity contribution in [1.29, 1.82) is 0 Å². The molecule has 0 radical (unpaired) electrons. The van der Waals surface area contributed by atoms with Gasteiger partial charge in [0.15, 0.2) is 0 Å². The molecule has 3 heteroatoms. The van der Waals surface area contributed by atoms with Crippen molar-refractivity contribution >= 4 is 5.69 Å². The molecule has 108 valence electrons. The van der Waals surface area contributed by atoms with Gasteiger partial charge in [-0.2, -0.15) is 0 Å². The monoisotopic (exact) mass is 263 g/mol. The minimum Gasteiger partial charge on any atom is -0.378 e. The Labute approximate surface area is 118 Å². The molecule has 0 amide bonds. The van der Waals surface area contributed by atoms with E-state index in [0.29, 0.717) is 18.6 Å². The Morgan fingerprint density at radius 1 is 1.11 bits per heavy atom. The number of hydrogen-bond donors (Lipinski definition) is 1. The molecule has 19 heavy (non-hydrogen) atoms. The van der Waals surface area contributed by atoms with Gasteiger partial charge in [0.2, 0.25) is 0 Å². The van der Waals surface area contributed by atoms with Crippen LogP contribution in [0.1, 0.15) is 38.8 Å². The number of benzene rings is 1. The smallest absolute Gasteiger partial charge is 0.0473 e. The first-order chi connectivity index (χ1) is 9.04. The van der Waals surface area contributed by atoms with Gasteiger partial charge in [0, 0.05) is 38.4 Å². The molecule has 1 rings (SSSR count). The van der Waals surface area contributed by atoms with Crippen molar-refractivity contribution in [2.24, 2.45) is 5.73 Å². The molecule has 0 fully saturated rings. The molecule has 0 saturated carbocycles. The predicted molar refractivity (Wildman–Crippen MR) is 84.7 cm³/mol. The second kappa shape index (κ2) is 7.51. The van der Waals surface area contributed by atoms with Crippen LogP contribution in [0, 0.1) is 0 Å². The Hall–Kier alpha value is -1.06. The zero-order valence-electron chi connectivity index (χ0n) is 13.1. The van der Waals surface area contributed by atoms with Crippen LogP contribution in [0.15, 0.2) is 24.3 Å². The van der Waals surface area contributed by atoms with Crippen LogP contribution in [0.25, 0.3) is 0 Å². The van der Waals surface area contributed by atoms with Gasteiger partial charge in [0.25, 0.3) is 0 Å². The molecular formula is C16H29N3. The molecule has 1 aromatic rings. The second-order valence-electron chi connectivity index (χ2n) is 5.33. The van der Waals surface area contributed by atoms with Crippen molar-refractivity contribution in [3.63, 3.8) is 0 Å². The fourth-order valence-corrected chi connectivity index (χ4v) is 2.53. The highest BCUT2D eigenvalue weighted by Crippen LogP contribution is 2.24. The topological polar surface area (TPSA) is 32.5 Å². The zero-order valence-corrected chi connectivity index (χ0v) is 13.1. The number of anilines is 1. The quantitative estimate of drug-likeness (QED) is 0.821. The van der Waals surface area contributed by atoms with Crippen LogP contribution in [0.3, 0.4) is 0 Å². The van der Waals surface area contributed by atoms with Crippen molar-refractivity contribution in [1.82, 2.24) is 4.90 Å². The fraction of sp³-hybridized carbons (Fsp3) is 0.625. The van der Waals surface area contributed by atoms with Gasteiger partial charge in [-0.25, -0.2) is 0 Å². The summed E-state index contributed by atoms with van der Waals surface area (Å²) in [6.45, 7) is 8.42. The van der Waals surface area contributed by atoms with Gasteiger partial charge in [-0.1, -0.05) is 26.0 Å². The van der Waals surface area contributed by atoms with Crippen molar-refractivity contribution in [2.45, 2.75) is 39.3 Å². The normalized spacial score (nSPS) is 14.5. The molecule has 2 atom stereocenters. The van der Waals surface area contributed by atoms with E-state index in [1.54, 1.807) is 0 Å². The third-order valence-corrected chi connectivity index (χ3v) is 3.94. The summed E-state index contributed by atoms with van der Waals surface area (Å²) in [5.74, 6) is 0. The zero-order chi connectivity index (χ0) is 14.4. The van der Waals surface area contributed by atoms with E-state index in [-0.39, 0.29) is 0 Å². The third kappa shape index (κ3) is 3.95. The molecule has 2 unspecified atom stereocenters. The maximum Gasteiger partial charge on any atom is 0.0473 e. The molecule has 0 aromatic heterocycles. The van der Waals surface area contributed by atoms with Crippen LogP contribution < -0.4 is 10.6 Å². The van der Waals surface area contributed by atoms with Crippen LogP contribution in [0.2, 0.25) is 0 Å². The Morgan fingerprint density at radius 2 is 1.68 bits per heavy atom. The largest absolute Gasteiger partial charge is 0.378 e. The standard InChI is InChI=1S/C16H29N3/c1-6-13(3)19(7-2)16(12-17)14-8-10-15(11-9-14)18(4)5/h8-11,13,16H,6-7,12,17H2,1-5H3. The Kier molecular flexibility index (Phi) is 6.32. The van der Waals surface area contributed by atoms with E-state index in [4.69, 9.17) is 5.73 Å². The van der Waals surface area contributed by atoms with Crippen molar-refractivity contribution in [3.05, 3.63) is 29.8 Å². The van der Waals surface area contributed by atoms with Crippen molar-refractivity contribution < 1.29 is 0 Å². The summed E-state index contributed by atoms with van der Waals surface area (Å²) in [5.41, 5.74) is 8.56. The van der Waals surface area contributed by atoms with Gasteiger partial charge in [-0.15, -0.1) is 0 Å². The molecule has 0 saturated heterocycles. The molecule has 0 spiro atoms. The number of rotatable bonds is 7. The Balaban J connectivity index is 2.95. The maximum absolute atomic E-state index is 6.02. The lowest BCUT2D eigenvalue weighted by Crippen LogP contribution is -2.39. The summed E-state index contributed by atoms with van der Waals surface area (Å²) in [5, 5.41) is 0. The lowest BCUT2D eigenvalue weighted by atomic mass is 10.0. The van der Waals surface area contributed by atoms with E-state index in [2.05, 4.69) is 68.9 Å². The molecule has 0 heterocycles. The first kappa shape index (κ1) is 16.0. The second-order valence-corrected chi connectivity index (χ2v) is 5.33. The summed E-state index contributed by atoms with van der Waals surface area (Å²) in [4.78, 5) is 4.61. The lowest BCUT2D eigenvalue weighted by molar-refractivity contribution is 0.152. The molecule has 3 nitrogen and oxygen atoms in total. The van der Waals surface area contributed by atoms with Crippen LogP contribution in [0.5, 0.6) is 0 Å². The lowest BCUT2D eigenvalue weighted by Gasteiger charge is -2.35. The SMILES string of the molecule is CCC(C)N(CC)C(CN)c1ccc(N(C)C)cc1. The van der Waals surface area contributed by atoms with Crippen molar-refractivity contribution in [3.8, 4) is 0 Å². The number of likely N-dealkylation sites (N-methyl/N-ethyl adjacent to an activating group) is 1. The Bertz CT molecular complexity index is 359. The highest BCUT2D eigenvalue weighted by atomic mass is 15.2. The van der Waals surface area contributed by atoms with Gasteiger partial charge in [0.05, 0.1) is 0 Å². The maximum atomic E-state index is 6.02. The first-order valence-electron chi connectivity index (χ1n) is 7.28. The van der Waals surface area contributed by atoms with E-state index in [0.717, 1.165) is 13.0 Å². The summed E-state index contributed by atoms with van der Waals surface area (Å²) < 4.78 is 0. The van der Waals surface area contributed by atoms with E-state index in [9.17, 15) is 0 Å². The molecule has 0 aliphatic rings. The van der Waals surface area contributed by atoms with Crippen LogP contribution >= 0.6 is 0 Å². The molecule has 0 aliphatic carbocycles. The van der Waals surface area contributed by atoms with E-state index >= 15 is 0 Å². The molecule has 0 aliphatic heterocycles. The average Bonchev–Trinajstić information content (AvgIpc) is 2.44. The Morgan fingerprint density at radius 3 is 2.05 bits per heavy atom. The minimum absolute atomic E-state index is 0.316. The number of hydrogen-bond acceptors (Lipinski definition) is 3. The highest BCUT2D eigenvalue weighted by molar-refractivity contribution is 5.46. The summed E-state index contributed by atoms with van der Waals surface area (Å²) in [7, 11) is 4.12. The molecule has 1 aromatic carbocycles. The minimum atomic E-state index is 0.316. The van der Waals surface area contributed by atoms with Gasteiger partial charge in [0.1, 0.15) is 0 Å². The summed E-state index contributed by atoms with van der Waals surface area (Å²) >= 11 is 0. The average molecular weight is 263 g/mol. The van der Waals surface area contributed by atoms with E-state index in [1.165, 1.54) is 11.3 Å². The van der Waals surface area contributed by atoms with E-state index < -0.39 is 0 Å².